The number of rotatable bonds is 6. The minimum Gasteiger partial charge on any atom is -0.457 e. The molecule has 0 unspecified atom stereocenters. The number of carbonyl (C=O) groups excluding carboxylic acids is 1. The highest BCUT2D eigenvalue weighted by Gasteiger charge is 2.33. The Morgan fingerprint density at radius 1 is 1.34 bits per heavy atom. The number of benzene rings is 1. The van der Waals surface area contributed by atoms with E-state index in [9.17, 15) is 14.9 Å². The first-order valence-electron chi connectivity index (χ1n) is 9.11. The van der Waals surface area contributed by atoms with Crippen molar-refractivity contribution in [2.45, 2.75) is 6.92 Å². The molecule has 3 heterocycles. The van der Waals surface area contributed by atoms with Crippen molar-refractivity contribution in [3.05, 3.63) is 73.8 Å². The molecule has 1 aromatic carbocycles. The lowest BCUT2D eigenvalue weighted by molar-refractivity contribution is -0.384. The van der Waals surface area contributed by atoms with Crippen LogP contribution in [0.1, 0.15) is 10.8 Å². The van der Waals surface area contributed by atoms with Gasteiger partial charge in [-0.15, -0.1) is 16.8 Å². The van der Waals surface area contributed by atoms with E-state index in [2.05, 4.69) is 21.8 Å². The van der Waals surface area contributed by atoms with E-state index in [4.69, 9.17) is 16.0 Å². The average molecular weight is 488 g/mol. The number of aromatic nitrogens is 2. The van der Waals surface area contributed by atoms with Gasteiger partial charge < -0.3 is 4.42 Å². The summed E-state index contributed by atoms with van der Waals surface area (Å²) in [4.78, 5) is 29.6. The second kappa shape index (κ2) is 9.07. The molecule has 32 heavy (non-hydrogen) atoms. The molecule has 1 aliphatic heterocycles. The largest absolute Gasteiger partial charge is 0.457 e. The first kappa shape index (κ1) is 21.9. The summed E-state index contributed by atoms with van der Waals surface area (Å²) in [6, 6.07) is 7.51. The van der Waals surface area contributed by atoms with Crippen molar-refractivity contribution in [1.29, 1.82) is 0 Å². The quantitative estimate of drug-likeness (QED) is 0.196. The SMILES string of the molecule is C=CCN1C(=O)/C(=C\c2ccc(-c3ccc([N+](=O)[O-])cc3Cl)o2)S/C1=N/c1nnc(C)s1. The summed E-state index contributed by atoms with van der Waals surface area (Å²) in [6.45, 7) is 5.82. The van der Waals surface area contributed by atoms with Crippen molar-refractivity contribution in [3.8, 4) is 11.3 Å². The van der Waals surface area contributed by atoms with E-state index >= 15 is 0 Å². The maximum Gasteiger partial charge on any atom is 0.270 e. The Labute approximate surface area is 195 Å². The Morgan fingerprint density at radius 2 is 2.16 bits per heavy atom. The molecule has 162 valence electrons. The number of nitrogens with zero attached hydrogens (tertiary/aromatic N) is 5. The number of hydrogen-bond donors (Lipinski definition) is 0. The zero-order chi connectivity index (χ0) is 22.8. The van der Waals surface area contributed by atoms with Crippen molar-refractivity contribution >= 4 is 62.7 Å². The minimum atomic E-state index is -0.520. The Hall–Kier alpha value is -3.28. The molecule has 1 amide bonds. The van der Waals surface area contributed by atoms with Crippen LogP contribution in [0.3, 0.4) is 0 Å². The summed E-state index contributed by atoms with van der Waals surface area (Å²) in [5.41, 5.74) is 0.398. The Kier molecular flexibility index (Phi) is 6.21. The van der Waals surface area contributed by atoms with Gasteiger partial charge in [-0.05, 0) is 36.9 Å². The van der Waals surface area contributed by atoms with Crippen LogP contribution in [0.25, 0.3) is 17.4 Å². The molecule has 4 rings (SSSR count). The van der Waals surface area contributed by atoms with Crippen LogP contribution in [0.15, 0.2) is 57.3 Å². The van der Waals surface area contributed by atoms with Crippen LogP contribution in [0.5, 0.6) is 0 Å². The van der Waals surface area contributed by atoms with Gasteiger partial charge in [0, 0.05) is 30.3 Å². The fourth-order valence-electron chi connectivity index (χ4n) is 2.82. The van der Waals surface area contributed by atoms with Crippen LogP contribution in [0.2, 0.25) is 5.02 Å². The predicted molar refractivity (Wildman–Crippen MR) is 125 cm³/mol. The van der Waals surface area contributed by atoms with E-state index in [-0.39, 0.29) is 16.6 Å². The highest BCUT2D eigenvalue weighted by molar-refractivity contribution is 8.18. The molecule has 0 bridgehead atoms. The van der Waals surface area contributed by atoms with E-state index in [1.165, 1.54) is 46.2 Å². The van der Waals surface area contributed by atoms with Crippen LogP contribution < -0.4 is 0 Å². The first-order valence-corrected chi connectivity index (χ1v) is 11.1. The molecule has 1 fully saturated rings. The number of amidine groups is 1. The maximum atomic E-state index is 12.9. The molecule has 1 saturated heterocycles. The highest BCUT2D eigenvalue weighted by Crippen LogP contribution is 2.36. The van der Waals surface area contributed by atoms with E-state index < -0.39 is 4.92 Å². The minimum absolute atomic E-state index is 0.111. The molecule has 0 radical (unpaired) electrons. The molecule has 2 aromatic heterocycles. The van der Waals surface area contributed by atoms with Crippen LogP contribution in [0, 0.1) is 17.0 Å². The fraction of sp³-hybridized carbons (Fsp3) is 0.100. The number of furan rings is 1. The zero-order valence-electron chi connectivity index (χ0n) is 16.5. The normalized spacial score (nSPS) is 16.3. The molecule has 0 saturated carbocycles. The molecule has 1 aliphatic rings. The molecule has 3 aromatic rings. The number of aryl methyl sites for hydroxylation is 1. The molecule has 9 nitrogen and oxygen atoms in total. The standard InChI is InChI=1S/C20H14ClN5O4S2/c1-3-8-25-18(27)17(32-20(25)22-19-24-23-11(2)31-19)10-13-5-7-16(30-13)14-6-4-12(26(28)29)9-15(14)21/h3-7,9-10H,1,8H2,2H3/b17-10+,22-20+. The van der Waals surface area contributed by atoms with E-state index in [0.717, 1.165) is 5.01 Å². The molecule has 0 N–H and O–H groups in total. The van der Waals surface area contributed by atoms with E-state index in [1.54, 1.807) is 24.3 Å². The van der Waals surface area contributed by atoms with E-state index in [1.807, 2.05) is 6.92 Å². The predicted octanol–water partition coefficient (Wildman–Crippen LogP) is 5.46. The second-order valence-corrected chi connectivity index (χ2v) is 9.01. The lowest BCUT2D eigenvalue weighted by Crippen LogP contribution is -2.29. The summed E-state index contributed by atoms with van der Waals surface area (Å²) < 4.78 is 5.82. The van der Waals surface area contributed by atoms with Crippen LogP contribution in [0.4, 0.5) is 10.8 Å². The number of non-ortho nitro benzene ring substituents is 1. The third-order valence-electron chi connectivity index (χ3n) is 4.24. The third kappa shape index (κ3) is 4.49. The summed E-state index contributed by atoms with van der Waals surface area (Å²) >= 11 is 8.71. The summed E-state index contributed by atoms with van der Waals surface area (Å²) in [6.07, 6.45) is 3.23. The first-order chi connectivity index (χ1) is 15.4. The van der Waals surface area contributed by atoms with Gasteiger partial charge in [0.2, 0.25) is 5.13 Å². The van der Waals surface area contributed by atoms with Gasteiger partial charge in [-0.25, -0.2) is 0 Å². The van der Waals surface area contributed by atoms with Crippen molar-refractivity contribution in [2.75, 3.05) is 6.54 Å². The van der Waals surface area contributed by atoms with Crippen molar-refractivity contribution in [2.24, 2.45) is 4.99 Å². The smallest absolute Gasteiger partial charge is 0.270 e. The van der Waals surface area contributed by atoms with Crippen LogP contribution in [-0.4, -0.2) is 37.6 Å². The van der Waals surface area contributed by atoms with Gasteiger partial charge in [-0.2, -0.15) is 4.99 Å². The van der Waals surface area contributed by atoms with Gasteiger partial charge in [0.25, 0.3) is 11.6 Å². The van der Waals surface area contributed by atoms with Gasteiger partial charge >= 0.3 is 0 Å². The van der Waals surface area contributed by atoms with Crippen molar-refractivity contribution in [1.82, 2.24) is 15.1 Å². The van der Waals surface area contributed by atoms with Gasteiger partial charge in [0.05, 0.1) is 14.9 Å². The summed E-state index contributed by atoms with van der Waals surface area (Å²) in [5, 5.41) is 20.7. The number of aliphatic imine (C=N–C) groups is 1. The molecular weight excluding hydrogens is 474 g/mol. The zero-order valence-corrected chi connectivity index (χ0v) is 18.9. The number of nitro benzene ring substituents is 1. The van der Waals surface area contributed by atoms with Gasteiger partial charge in [-0.1, -0.05) is 29.0 Å². The average Bonchev–Trinajstić information content (AvgIpc) is 3.45. The highest BCUT2D eigenvalue weighted by atomic mass is 35.5. The number of amides is 1. The Balaban J connectivity index is 1.62. The Bertz CT molecular complexity index is 1300. The third-order valence-corrected chi connectivity index (χ3v) is 6.29. The van der Waals surface area contributed by atoms with Gasteiger partial charge in [-0.3, -0.25) is 19.8 Å². The van der Waals surface area contributed by atoms with Crippen molar-refractivity contribution < 1.29 is 14.1 Å². The molecule has 12 heteroatoms. The van der Waals surface area contributed by atoms with Crippen molar-refractivity contribution in [3.63, 3.8) is 0 Å². The maximum absolute atomic E-state index is 12.9. The van der Waals surface area contributed by atoms with Crippen LogP contribution in [-0.2, 0) is 4.79 Å². The van der Waals surface area contributed by atoms with Crippen LogP contribution >= 0.6 is 34.7 Å². The number of halogens is 1. The number of nitro groups is 1. The molecule has 0 aliphatic carbocycles. The lowest BCUT2D eigenvalue weighted by Gasteiger charge is -2.11. The second-order valence-electron chi connectivity index (χ2n) is 6.44. The summed E-state index contributed by atoms with van der Waals surface area (Å²) in [5.74, 6) is 0.617. The summed E-state index contributed by atoms with van der Waals surface area (Å²) in [7, 11) is 0. The Morgan fingerprint density at radius 3 is 2.81 bits per heavy atom. The molecular formula is C20H14ClN5O4S2. The fourth-order valence-corrected chi connectivity index (χ4v) is 4.67. The van der Waals surface area contributed by atoms with Gasteiger partial charge in [0.15, 0.2) is 5.17 Å². The number of hydrogen-bond acceptors (Lipinski definition) is 9. The monoisotopic (exact) mass is 487 g/mol. The lowest BCUT2D eigenvalue weighted by atomic mass is 10.1. The number of carbonyl (C=O) groups is 1. The van der Waals surface area contributed by atoms with E-state index in [0.29, 0.717) is 38.8 Å². The topological polar surface area (TPSA) is 115 Å². The van der Waals surface area contributed by atoms with Gasteiger partial charge in [0.1, 0.15) is 16.5 Å². The number of thioether (sulfide) groups is 1. The molecule has 0 atom stereocenters. The molecule has 0 spiro atoms.